The van der Waals surface area contributed by atoms with Crippen molar-refractivity contribution in [3.8, 4) is 5.75 Å². The molecule has 0 aliphatic heterocycles. The molecule has 2 N–H and O–H groups in total. The summed E-state index contributed by atoms with van der Waals surface area (Å²) in [5, 5.41) is 0. The van der Waals surface area contributed by atoms with Crippen LogP contribution in [0.25, 0.3) is 0 Å². The number of nitrogens with two attached hydrogens (primary N) is 1. The summed E-state index contributed by atoms with van der Waals surface area (Å²) >= 11 is 0. The van der Waals surface area contributed by atoms with Crippen LogP contribution in [-0.2, 0) is 4.74 Å². The molecule has 0 aromatic carbocycles. The second-order valence-corrected chi connectivity index (χ2v) is 3.54. The van der Waals surface area contributed by atoms with Gasteiger partial charge in [0.2, 0.25) is 0 Å². The first-order chi connectivity index (χ1) is 7.79. The van der Waals surface area contributed by atoms with Gasteiger partial charge in [0.25, 0.3) is 0 Å². The number of ether oxygens (including phenoxy) is 2. The molecule has 0 saturated carbocycles. The molecule has 0 amide bonds. The van der Waals surface area contributed by atoms with Crippen LogP contribution >= 0.6 is 0 Å². The fourth-order valence-corrected chi connectivity index (χ4v) is 1.54. The van der Waals surface area contributed by atoms with Crippen molar-refractivity contribution in [1.82, 2.24) is 4.98 Å². The highest BCUT2D eigenvalue weighted by molar-refractivity contribution is 5.29. The molecule has 0 fully saturated rings. The van der Waals surface area contributed by atoms with Gasteiger partial charge >= 0.3 is 0 Å². The molecular formula is C12H20N2O2. The van der Waals surface area contributed by atoms with Crippen LogP contribution in [-0.4, -0.2) is 25.3 Å². The highest BCUT2D eigenvalue weighted by Crippen LogP contribution is 2.23. The topological polar surface area (TPSA) is 57.4 Å². The molecule has 1 aromatic rings. The van der Waals surface area contributed by atoms with E-state index in [9.17, 15) is 0 Å². The maximum atomic E-state index is 6.06. The Balaban J connectivity index is 2.48. The fourth-order valence-electron chi connectivity index (χ4n) is 1.54. The minimum atomic E-state index is -0.0865. The van der Waals surface area contributed by atoms with Gasteiger partial charge in [-0.1, -0.05) is 0 Å². The molecule has 1 rings (SSSR count). The molecule has 0 saturated heterocycles. The molecule has 0 radical (unpaired) electrons. The van der Waals surface area contributed by atoms with E-state index in [0.29, 0.717) is 0 Å². The van der Waals surface area contributed by atoms with E-state index >= 15 is 0 Å². The van der Waals surface area contributed by atoms with E-state index < -0.39 is 0 Å². The lowest BCUT2D eigenvalue weighted by molar-refractivity contribution is 0.141. The van der Waals surface area contributed by atoms with Crippen LogP contribution in [0.1, 0.15) is 31.5 Å². The summed E-state index contributed by atoms with van der Waals surface area (Å²) in [7, 11) is 1.63. The highest BCUT2D eigenvalue weighted by atomic mass is 16.5. The van der Waals surface area contributed by atoms with Crippen molar-refractivity contribution in [3.05, 3.63) is 24.0 Å². The standard InChI is InChI=1S/C12H20N2O2/c1-3-16-9-5-6-10(13)12-11(15-2)7-4-8-14-12/h4,7-8,10H,3,5-6,9,13H2,1-2H3. The van der Waals surface area contributed by atoms with E-state index in [1.807, 2.05) is 19.1 Å². The van der Waals surface area contributed by atoms with Crippen molar-refractivity contribution < 1.29 is 9.47 Å². The second-order valence-electron chi connectivity index (χ2n) is 3.54. The Labute approximate surface area is 96.8 Å². The van der Waals surface area contributed by atoms with Crippen LogP contribution in [0.2, 0.25) is 0 Å². The minimum Gasteiger partial charge on any atom is -0.495 e. The number of pyridine rings is 1. The fraction of sp³-hybridized carbons (Fsp3) is 0.583. The summed E-state index contributed by atoms with van der Waals surface area (Å²) in [5.41, 5.74) is 6.88. The van der Waals surface area contributed by atoms with Gasteiger partial charge in [-0.3, -0.25) is 4.98 Å². The molecule has 1 aromatic heterocycles. The lowest BCUT2D eigenvalue weighted by Gasteiger charge is -2.14. The Hall–Kier alpha value is -1.13. The Morgan fingerprint density at radius 1 is 1.50 bits per heavy atom. The molecule has 0 aliphatic rings. The Kier molecular flexibility index (Phi) is 5.82. The average molecular weight is 224 g/mol. The van der Waals surface area contributed by atoms with Gasteiger partial charge in [0.05, 0.1) is 18.8 Å². The van der Waals surface area contributed by atoms with Crippen LogP contribution in [0.3, 0.4) is 0 Å². The van der Waals surface area contributed by atoms with Crippen LogP contribution in [0.15, 0.2) is 18.3 Å². The second kappa shape index (κ2) is 7.19. The predicted molar refractivity (Wildman–Crippen MR) is 63.4 cm³/mol. The lowest BCUT2D eigenvalue weighted by atomic mass is 10.1. The van der Waals surface area contributed by atoms with Crippen molar-refractivity contribution in [2.24, 2.45) is 5.73 Å². The van der Waals surface area contributed by atoms with Gasteiger partial charge < -0.3 is 15.2 Å². The molecule has 0 aliphatic carbocycles. The summed E-state index contributed by atoms with van der Waals surface area (Å²) in [6.07, 6.45) is 3.53. The van der Waals surface area contributed by atoms with E-state index in [2.05, 4.69) is 4.98 Å². The number of hydrogen-bond donors (Lipinski definition) is 1. The van der Waals surface area contributed by atoms with Crippen molar-refractivity contribution in [1.29, 1.82) is 0 Å². The highest BCUT2D eigenvalue weighted by Gasteiger charge is 2.12. The maximum Gasteiger partial charge on any atom is 0.141 e. The summed E-state index contributed by atoms with van der Waals surface area (Å²) in [6, 6.07) is 3.64. The van der Waals surface area contributed by atoms with Gasteiger partial charge in [-0.15, -0.1) is 0 Å². The Morgan fingerprint density at radius 3 is 3.00 bits per heavy atom. The zero-order valence-corrected chi connectivity index (χ0v) is 9.98. The summed E-state index contributed by atoms with van der Waals surface area (Å²) in [6.45, 7) is 3.49. The first-order valence-electron chi connectivity index (χ1n) is 5.61. The molecule has 0 spiro atoms. The van der Waals surface area contributed by atoms with E-state index in [1.54, 1.807) is 13.3 Å². The molecule has 1 unspecified atom stereocenters. The number of methoxy groups -OCH3 is 1. The van der Waals surface area contributed by atoms with E-state index in [0.717, 1.165) is 37.5 Å². The van der Waals surface area contributed by atoms with Crippen LogP contribution in [0.5, 0.6) is 5.75 Å². The van der Waals surface area contributed by atoms with E-state index in [1.165, 1.54) is 0 Å². The van der Waals surface area contributed by atoms with Crippen LogP contribution in [0, 0.1) is 0 Å². The predicted octanol–water partition coefficient (Wildman–Crippen LogP) is 1.91. The van der Waals surface area contributed by atoms with E-state index in [-0.39, 0.29) is 6.04 Å². The molecule has 16 heavy (non-hydrogen) atoms. The van der Waals surface area contributed by atoms with Crippen LogP contribution in [0.4, 0.5) is 0 Å². The van der Waals surface area contributed by atoms with Gasteiger partial charge in [-0.2, -0.15) is 0 Å². The molecule has 4 nitrogen and oxygen atoms in total. The van der Waals surface area contributed by atoms with Crippen molar-refractivity contribution >= 4 is 0 Å². The number of aromatic nitrogens is 1. The first-order valence-corrected chi connectivity index (χ1v) is 5.61. The third-order valence-corrected chi connectivity index (χ3v) is 2.38. The zero-order valence-electron chi connectivity index (χ0n) is 9.98. The van der Waals surface area contributed by atoms with Gasteiger partial charge in [-0.05, 0) is 31.9 Å². The zero-order chi connectivity index (χ0) is 11.8. The van der Waals surface area contributed by atoms with Gasteiger partial charge in [0.1, 0.15) is 5.75 Å². The number of nitrogens with zero attached hydrogens (tertiary/aromatic N) is 1. The van der Waals surface area contributed by atoms with Crippen molar-refractivity contribution in [2.75, 3.05) is 20.3 Å². The Morgan fingerprint density at radius 2 is 2.31 bits per heavy atom. The summed E-state index contributed by atoms with van der Waals surface area (Å²) in [4.78, 5) is 4.26. The monoisotopic (exact) mass is 224 g/mol. The third-order valence-electron chi connectivity index (χ3n) is 2.38. The Bertz CT molecular complexity index is 305. The molecule has 0 bridgehead atoms. The largest absolute Gasteiger partial charge is 0.495 e. The number of rotatable bonds is 7. The normalized spacial score (nSPS) is 12.4. The van der Waals surface area contributed by atoms with Crippen molar-refractivity contribution in [2.45, 2.75) is 25.8 Å². The lowest BCUT2D eigenvalue weighted by Crippen LogP contribution is -2.14. The SMILES string of the molecule is CCOCCCC(N)c1ncccc1OC. The van der Waals surface area contributed by atoms with Gasteiger partial charge in [0.15, 0.2) is 0 Å². The van der Waals surface area contributed by atoms with Crippen LogP contribution < -0.4 is 10.5 Å². The first kappa shape index (κ1) is 12.9. The quantitative estimate of drug-likeness (QED) is 0.719. The van der Waals surface area contributed by atoms with Gasteiger partial charge in [0, 0.05) is 19.4 Å². The smallest absolute Gasteiger partial charge is 0.141 e. The minimum absolute atomic E-state index is 0.0865. The molecular weight excluding hydrogens is 204 g/mol. The van der Waals surface area contributed by atoms with E-state index in [4.69, 9.17) is 15.2 Å². The maximum absolute atomic E-state index is 6.06. The molecule has 1 atom stereocenters. The average Bonchev–Trinajstić information content (AvgIpc) is 2.34. The molecule has 1 heterocycles. The third kappa shape index (κ3) is 3.79. The summed E-state index contributed by atoms with van der Waals surface area (Å²) < 4.78 is 10.5. The number of hydrogen-bond acceptors (Lipinski definition) is 4. The molecule has 90 valence electrons. The molecule has 4 heteroatoms. The summed E-state index contributed by atoms with van der Waals surface area (Å²) in [5.74, 6) is 0.756. The van der Waals surface area contributed by atoms with Crippen molar-refractivity contribution in [3.63, 3.8) is 0 Å². The van der Waals surface area contributed by atoms with Gasteiger partial charge in [-0.25, -0.2) is 0 Å².